The number of aromatic nitrogens is 1. The van der Waals surface area contributed by atoms with Crippen LogP contribution in [0.1, 0.15) is 24.3 Å². The van der Waals surface area contributed by atoms with Gasteiger partial charge >= 0.3 is 0 Å². The van der Waals surface area contributed by atoms with Gasteiger partial charge in [-0.05, 0) is 18.8 Å². The molecule has 1 aliphatic rings. The summed E-state index contributed by atoms with van der Waals surface area (Å²) in [7, 11) is 1.70. The fraction of sp³-hybridized carbons (Fsp3) is 0.727. The van der Waals surface area contributed by atoms with Crippen molar-refractivity contribution in [3.05, 3.63) is 17.8 Å². The molecule has 0 radical (unpaired) electrons. The monoisotopic (exact) mass is 210 g/mol. The van der Waals surface area contributed by atoms with Crippen molar-refractivity contribution >= 4 is 0 Å². The van der Waals surface area contributed by atoms with Crippen LogP contribution in [0.25, 0.3) is 0 Å². The fourth-order valence-electron chi connectivity index (χ4n) is 1.57. The molecule has 0 unspecified atom stereocenters. The maximum absolute atomic E-state index is 5.39. The summed E-state index contributed by atoms with van der Waals surface area (Å²) >= 11 is 0. The average Bonchev–Trinajstić information content (AvgIpc) is 2.94. The molecule has 84 valence electrons. The second kappa shape index (κ2) is 5.28. The molecule has 1 aromatic rings. The Morgan fingerprint density at radius 2 is 2.47 bits per heavy atom. The molecule has 1 aromatic heterocycles. The second-order valence-electron chi connectivity index (χ2n) is 4.04. The highest BCUT2D eigenvalue weighted by Gasteiger charge is 2.24. The van der Waals surface area contributed by atoms with Crippen LogP contribution in [0.5, 0.6) is 0 Å². The van der Waals surface area contributed by atoms with E-state index in [4.69, 9.17) is 9.15 Å². The molecule has 1 fully saturated rings. The lowest BCUT2D eigenvalue weighted by Crippen LogP contribution is -2.19. The molecular formula is C11H18N2O2. The Kier molecular flexibility index (Phi) is 3.75. The molecule has 0 aromatic carbocycles. The summed E-state index contributed by atoms with van der Waals surface area (Å²) < 4.78 is 10.3. The van der Waals surface area contributed by atoms with E-state index in [2.05, 4.69) is 10.3 Å². The highest BCUT2D eigenvalue weighted by molar-refractivity contribution is 5.09. The van der Waals surface area contributed by atoms with Crippen molar-refractivity contribution < 1.29 is 9.15 Å². The van der Waals surface area contributed by atoms with Gasteiger partial charge in [0.2, 0.25) is 0 Å². The standard InChI is InChI=1S/C11H18N2O2/c1-14-5-4-12-7-10-11(15-8-13-10)6-9-2-3-9/h8-9,12H,2-7H2,1H3. The smallest absolute Gasteiger partial charge is 0.181 e. The Morgan fingerprint density at radius 3 is 3.20 bits per heavy atom. The van der Waals surface area contributed by atoms with Crippen LogP contribution in [0.2, 0.25) is 0 Å². The number of hydrogen-bond acceptors (Lipinski definition) is 4. The molecule has 0 bridgehead atoms. The first kappa shape index (κ1) is 10.6. The molecule has 4 heteroatoms. The SMILES string of the molecule is COCCNCc1ncoc1CC1CC1. The number of ether oxygens (including phenoxy) is 1. The Hall–Kier alpha value is -0.870. The van der Waals surface area contributed by atoms with Gasteiger partial charge in [-0.2, -0.15) is 0 Å². The van der Waals surface area contributed by atoms with Crippen LogP contribution in [0.15, 0.2) is 10.8 Å². The second-order valence-corrected chi connectivity index (χ2v) is 4.04. The Bertz CT molecular complexity index is 295. The predicted molar refractivity (Wildman–Crippen MR) is 56.5 cm³/mol. The van der Waals surface area contributed by atoms with E-state index in [0.29, 0.717) is 0 Å². The average molecular weight is 210 g/mol. The zero-order valence-electron chi connectivity index (χ0n) is 9.16. The van der Waals surface area contributed by atoms with Gasteiger partial charge in [-0.3, -0.25) is 0 Å². The normalized spacial score (nSPS) is 15.8. The van der Waals surface area contributed by atoms with Crippen molar-refractivity contribution in [3.8, 4) is 0 Å². The molecule has 1 N–H and O–H groups in total. The lowest BCUT2D eigenvalue weighted by molar-refractivity contribution is 0.199. The van der Waals surface area contributed by atoms with Crippen LogP contribution in [-0.2, 0) is 17.7 Å². The maximum Gasteiger partial charge on any atom is 0.181 e. The highest BCUT2D eigenvalue weighted by atomic mass is 16.5. The van der Waals surface area contributed by atoms with E-state index in [-0.39, 0.29) is 0 Å². The molecule has 1 heterocycles. The number of hydrogen-bond donors (Lipinski definition) is 1. The first-order chi connectivity index (χ1) is 7.40. The molecule has 0 aliphatic heterocycles. The van der Waals surface area contributed by atoms with E-state index in [0.717, 1.165) is 43.5 Å². The van der Waals surface area contributed by atoms with Crippen LogP contribution in [0.4, 0.5) is 0 Å². The number of rotatable bonds is 7. The van der Waals surface area contributed by atoms with E-state index in [1.165, 1.54) is 12.8 Å². The van der Waals surface area contributed by atoms with E-state index >= 15 is 0 Å². The molecule has 0 saturated heterocycles. The molecule has 1 saturated carbocycles. The molecule has 1 aliphatic carbocycles. The third-order valence-electron chi connectivity index (χ3n) is 2.67. The van der Waals surface area contributed by atoms with E-state index in [1.807, 2.05) is 0 Å². The molecule has 4 nitrogen and oxygen atoms in total. The number of nitrogens with zero attached hydrogens (tertiary/aromatic N) is 1. The number of nitrogens with one attached hydrogen (secondary N) is 1. The van der Waals surface area contributed by atoms with Crippen LogP contribution in [0.3, 0.4) is 0 Å². The molecule has 0 spiro atoms. The fourth-order valence-corrected chi connectivity index (χ4v) is 1.57. The van der Waals surface area contributed by atoms with Gasteiger partial charge in [0, 0.05) is 26.6 Å². The first-order valence-electron chi connectivity index (χ1n) is 5.51. The third kappa shape index (κ3) is 3.32. The van der Waals surface area contributed by atoms with Gasteiger partial charge in [0.25, 0.3) is 0 Å². The van der Waals surface area contributed by atoms with Gasteiger partial charge in [0.15, 0.2) is 6.39 Å². The molecule has 0 atom stereocenters. The van der Waals surface area contributed by atoms with Gasteiger partial charge in [-0.1, -0.05) is 0 Å². The minimum Gasteiger partial charge on any atom is -0.448 e. The molecular weight excluding hydrogens is 192 g/mol. The summed E-state index contributed by atoms with van der Waals surface area (Å²) in [4.78, 5) is 4.22. The number of oxazole rings is 1. The van der Waals surface area contributed by atoms with Crippen molar-refractivity contribution in [2.24, 2.45) is 5.92 Å². The van der Waals surface area contributed by atoms with Crippen molar-refractivity contribution in [2.75, 3.05) is 20.3 Å². The largest absolute Gasteiger partial charge is 0.448 e. The Morgan fingerprint density at radius 1 is 1.60 bits per heavy atom. The third-order valence-corrected chi connectivity index (χ3v) is 2.67. The summed E-state index contributed by atoms with van der Waals surface area (Å²) in [5.41, 5.74) is 1.05. The highest BCUT2D eigenvalue weighted by Crippen LogP contribution is 2.33. The van der Waals surface area contributed by atoms with Crippen molar-refractivity contribution in [1.29, 1.82) is 0 Å². The Labute approximate surface area is 90.0 Å². The minimum absolute atomic E-state index is 0.732. The zero-order valence-corrected chi connectivity index (χ0v) is 9.16. The number of methoxy groups -OCH3 is 1. The summed E-state index contributed by atoms with van der Waals surface area (Å²) in [5.74, 6) is 1.90. The topological polar surface area (TPSA) is 47.3 Å². The summed E-state index contributed by atoms with van der Waals surface area (Å²) in [6, 6.07) is 0. The first-order valence-corrected chi connectivity index (χ1v) is 5.51. The maximum atomic E-state index is 5.39. The summed E-state index contributed by atoms with van der Waals surface area (Å²) in [6.45, 7) is 2.37. The Balaban J connectivity index is 1.76. The van der Waals surface area contributed by atoms with Crippen LogP contribution >= 0.6 is 0 Å². The van der Waals surface area contributed by atoms with E-state index in [1.54, 1.807) is 13.5 Å². The molecule has 2 rings (SSSR count). The van der Waals surface area contributed by atoms with Gasteiger partial charge < -0.3 is 14.5 Å². The van der Waals surface area contributed by atoms with Gasteiger partial charge in [-0.15, -0.1) is 0 Å². The summed E-state index contributed by atoms with van der Waals surface area (Å²) in [5, 5.41) is 3.28. The zero-order chi connectivity index (χ0) is 10.5. The quantitative estimate of drug-likeness (QED) is 0.690. The van der Waals surface area contributed by atoms with Crippen molar-refractivity contribution in [2.45, 2.75) is 25.8 Å². The van der Waals surface area contributed by atoms with Gasteiger partial charge in [0.1, 0.15) is 5.76 Å². The van der Waals surface area contributed by atoms with E-state index < -0.39 is 0 Å². The minimum atomic E-state index is 0.732. The lowest BCUT2D eigenvalue weighted by atomic mass is 10.2. The molecule has 15 heavy (non-hydrogen) atoms. The predicted octanol–water partition coefficient (Wildman–Crippen LogP) is 1.36. The van der Waals surface area contributed by atoms with Gasteiger partial charge in [-0.25, -0.2) is 4.98 Å². The lowest BCUT2D eigenvalue weighted by Gasteiger charge is -2.02. The van der Waals surface area contributed by atoms with Crippen LogP contribution in [-0.4, -0.2) is 25.2 Å². The van der Waals surface area contributed by atoms with Crippen LogP contribution < -0.4 is 5.32 Å². The van der Waals surface area contributed by atoms with Crippen molar-refractivity contribution in [3.63, 3.8) is 0 Å². The van der Waals surface area contributed by atoms with Gasteiger partial charge in [0.05, 0.1) is 12.3 Å². The van der Waals surface area contributed by atoms with Crippen LogP contribution in [0, 0.1) is 5.92 Å². The van der Waals surface area contributed by atoms with E-state index in [9.17, 15) is 0 Å². The summed E-state index contributed by atoms with van der Waals surface area (Å²) in [6.07, 6.45) is 5.29. The molecule has 0 amide bonds. The van der Waals surface area contributed by atoms with Crippen molar-refractivity contribution in [1.82, 2.24) is 10.3 Å².